The van der Waals surface area contributed by atoms with Crippen LogP contribution in [0.1, 0.15) is 59.5 Å². The van der Waals surface area contributed by atoms with Crippen LogP contribution in [0, 0.1) is 19.7 Å². The first-order chi connectivity index (χ1) is 17.9. The summed E-state index contributed by atoms with van der Waals surface area (Å²) in [5.74, 6) is -0.154. The van der Waals surface area contributed by atoms with Crippen LogP contribution in [-0.2, 0) is 11.2 Å². The van der Waals surface area contributed by atoms with Gasteiger partial charge in [0, 0.05) is 22.7 Å². The van der Waals surface area contributed by atoms with Crippen LogP contribution in [0.2, 0.25) is 5.02 Å². The summed E-state index contributed by atoms with van der Waals surface area (Å²) in [5.41, 5.74) is 2.52. The van der Waals surface area contributed by atoms with Crippen molar-refractivity contribution in [3.63, 3.8) is 0 Å². The van der Waals surface area contributed by atoms with E-state index in [1.54, 1.807) is 24.3 Å². The number of benzene rings is 3. The molecule has 1 unspecified atom stereocenters. The molecule has 0 saturated carbocycles. The van der Waals surface area contributed by atoms with E-state index in [0.29, 0.717) is 39.6 Å². The maximum Gasteiger partial charge on any atom is 0.335 e. The highest BCUT2D eigenvalue weighted by atomic mass is 35.5. The highest BCUT2D eigenvalue weighted by Crippen LogP contribution is 2.35. The number of aryl methyl sites for hydroxylation is 2. The quantitative estimate of drug-likeness (QED) is 0.237. The molecule has 0 heterocycles. The molecule has 0 aliphatic rings. The Bertz CT molecular complexity index is 1260. The fourth-order valence-corrected chi connectivity index (χ4v) is 4.41. The van der Waals surface area contributed by atoms with Crippen molar-refractivity contribution in [3.8, 4) is 11.5 Å². The van der Waals surface area contributed by atoms with Crippen molar-refractivity contribution in [2.45, 2.75) is 58.8 Å². The second kappa shape index (κ2) is 12.7. The number of aromatic carboxylic acids is 1. The molecule has 0 radical (unpaired) electrons. The van der Waals surface area contributed by atoms with Gasteiger partial charge in [-0.3, -0.25) is 0 Å². The number of nitrogens with one attached hydrogen (secondary N) is 1. The average Bonchev–Trinajstić information content (AvgIpc) is 2.85. The highest BCUT2D eigenvalue weighted by molar-refractivity contribution is 6.30. The number of carboxylic acid groups (broad SMARTS) is 1. The molecule has 0 saturated heterocycles. The normalized spacial score (nSPS) is 13.3. The Morgan fingerprint density at radius 1 is 1.11 bits per heavy atom. The molecular weight excluding hydrogens is 509 g/mol. The summed E-state index contributed by atoms with van der Waals surface area (Å²) in [6.07, 6.45) is -0.736. The summed E-state index contributed by atoms with van der Waals surface area (Å²) in [5, 5.41) is 23.5. The lowest BCUT2D eigenvalue weighted by Crippen LogP contribution is -2.46. The number of aliphatic hydroxyl groups excluding tert-OH is 1. The number of para-hydroxylation sites is 1. The van der Waals surface area contributed by atoms with Crippen molar-refractivity contribution in [1.29, 1.82) is 0 Å². The van der Waals surface area contributed by atoms with Crippen LogP contribution in [0.15, 0.2) is 54.6 Å². The molecule has 3 N–H and O–H groups in total. The van der Waals surface area contributed by atoms with Gasteiger partial charge in [0.2, 0.25) is 0 Å². The van der Waals surface area contributed by atoms with Crippen LogP contribution in [-0.4, -0.2) is 41.0 Å². The van der Waals surface area contributed by atoms with Gasteiger partial charge < -0.3 is 25.0 Å². The summed E-state index contributed by atoms with van der Waals surface area (Å²) in [6, 6.07) is 15.3. The molecule has 0 amide bonds. The third-order valence-corrected chi connectivity index (χ3v) is 6.51. The van der Waals surface area contributed by atoms with Crippen molar-refractivity contribution < 1.29 is 28.9 Å². The van der Waals surface area contributed by atoms with Gasteiger partial charge >= 0.3 is 5.97 Å². The number of aliphatic hydroxyl groups is 1. The Morgan fingerprint density at radius 2 is 1.76 bits per heavy atom. The number of carboxylic acids is 1. The summed E-state index contributed by atoms with van der Waals surface area (Å²) in [7, 11) is 0. The van der Waals surface area contributed by atoms with E-state index in [0.717, 1.165) is 5.56 Å². The van der Waals surface area contributed by atoms with Gasteiger partial charge in [0.1, 0.15) is 17.3 Å². The molecule has 3 aromatic rings. The van der Waals surface area contributed by atoms with E-state index in [1.165, 1.54) is 6.07 Å². The number of halogens is 2. The molecule has 6 nitrogen and oxygen atoms in total. The van der Waals surface area contributed by atoms with E-state index in [1.807, 2.05) is 58.9 Å². The molecule has 8 heteroatoms. The van der Waals surface area contributed by atoms with E-state index in [-0.39, 0.29) is 30.6 Å². The fraction of sp³-hybridized carbons (Fsp3) is 0.367. The Balaban J connectivity index is 1.59. The first-order valence-corrected chi connectivity index (χ1v) is 12.8. The van der Waals surface area contributed by atoms with Gasteiger partial charge in [-0.2, -0.15) is 0 Å². The summed E-state index contributed by atoms with van der Waals surface area (Å²) >= 11 is 5.85. The number of hydrogen-bond acceptors (Lipinski definition) is 5. The van der Waals surface area contributed by atoms with Crippen molar-refractivity contribution in [1.82, 2.24) is 5.32 Å². The monoisotopic (exact) mass is 543 g/mol. The third-order valence-electron chi connectivity index (χ3n) is 6.28. The number of β-amino-alcohol motifs (C(OH)–C–C–N with tert-alkyl or cyclic N) is 1. The van der Waals surface area contributed by atoms with Crippen molar-refractivity contribution in [2.75, 3.05) is 13.2 Å². The second-order valence-electron chi connectivity index (χ2n) is 10.2. The van der Waals surface area contributed by atoms with Crippen LogP contribution < -0.4 is 10.1 Å². The fourth-order valence-electron chi connectivity index (χ4n) is 4.26. The van der Waals surface area contributed by atoms with Crippen LogP contribution in [0.25, 0.3) is 0 Å². The summed E-state index contributed by atoms with van der Waals surface area (Å²) < 4.78 is 26.4. The van der Waals surface area contributed by atoms with Crippen LogP contribution in [0.5, 0.6) is 11.5 Å². The molecule has 0 fully saturated rings. The standard InChI is InChI=1S/C30H35ClFNO5/c1-18-12-22(29(35)36)13-19(2)28(18)38-27-9-7-6-8-25(27)20(3)37-17-24(34)16-33-30(4,5)15-21-10-11-23(31)14-26(21)32/h6-14,20,24,33-34H,15-17H2,1-5H3,(H,35,36)/t20?,24-/m1/s1. The maximum atomic E-state index is 14.2. The Kier molecular flexibility index (Phi) is 9.90. The smallest absolute Gasteiger partial charge is 0.335 e. The molecule has 0 aliphatic carbocycles. The first kappa shape index (κ1) is 29.6. The molecule has 38 heavy (non-hydrogen) atoms. The van der Waals surface area contributed by atoms with Gasteiger partial charge in [-0.05, 0) is 88.1 Å². The van der Waals surface area contributed by atoms with Crippen molar-refractivity contribution >= 4 is 17.6 Å². The predicted molar refractivity (Wildman–Crippen MR) is 147 cm³/mol. The van der Waals surface area contributed by atoms with E-state index < -0.39 is 17.6 Å². The van der Waals surface area contributed by atoms with E-state index >= 15 is 0 Å². The zero-order valence-corrected chi connectivity index (χ0v) is 23.1. The van der Waals surface area contributed by atoms with Gasteiger partial charge in [0.15, 0.2) is 0 Å². The van der Waals surface area contributed by atoms with Crippen LogP contribution in [0.4, 0.5) is 4.39 Å². The van der Waals surface area contributed by atoms with Gasteiger partial charge in [0.25, 0.3) is 0 Å². The molecule has 0 bridgehead atoms. The summed E-state index contributed by atoms with van der Waals surface area (Å²) in [4.78, 5) is 11.4. The zero-order valence-electron chi connectivity index (χ0n) is 22.3. The topological polar surface area (TPSA) is 88.0 Å². The second-order valence-corrected chi connectivity index (χ2v) is 10.6. The van der Waals surface area contributed by atoms with Crippen molar-refractivity contribution in [3.05, 3.63) is 93.3 Å². The first-order valence-electron chi connectivity index (χ1n) is 12.5. The lowest BCUT2D eigenvalue weighted by molar-refractivity contribution is -0.00483. The molecule has 3 aromatic carbocycles. The van der Waals surface area contributed by atoms with Gasteiger partial charge in [0.05, 0.1) is 24.4 Å². The molecule has 204 valence electrons. The minimum atomic E-state index is -0.987. The van der Waals surface area contributed by atoms with Crippen LogP contribution in [0.3, 0.4) is 0 Å². The van der Waals surface area contributed by atoms with E-state index in [4.69, 9.17) is 21.1 Å². The van der Waals surface area contributed by atoms with Gasteiger partial charge in [-0.1, -0.05) is 35.9 Å². The van der Waals surface area contributed by atoms with Gasteiger partial charge in [-0.15, -0.1) is 0 Å². The lowest BCUT2D eigenvalue weighted by atomic mass is 9.94. The predicted octanol–water partition coefficient (Wildman–Crippen LogP) is 6.64. The zero-order chi connectivity index (χ0) is 28.0. The number of rotatable bonds is 12. The Morgan fingerprint density at radius 3 is 2.39 bits per heavy atom. The van der Waals surface area contributed by atoms with E-state index in [2.05, 4.69) is 5.32 Å². The van der Waals surface area contributed by atoms with Crippen LogP contribution >= 0.6 is 11.6 Å². The maximum absolute atomic E-state index is 14.2. The molecule has 0 aromatic heterocycles. The van der Waals surface area contributed by atoms with Crippen molar-refractivity contribution in [2.24, 2.45) is 0 Å². The molecular formula is C30H35ClFNO5. The van der Waals surface area contributed by atoms with E-state index in [9.17, 15) is 19.4 Å². The number of ether oxygens (including phenoxy) is 2. The Hall–Kier alpha value is -2.97. The molecule has 0 aliphatic heterocycles. The number of carbonyl (C=O) groups is 1. The number of hydrogen-bond donors (Lipinski definition) is 3. The molecule has 0 spiro atoms. The average molecular weight is 544 g/mol. The van der Waals surface area contributed by atoms with Gasteiger partial charge in [-0.25, -0.2) is 9.18 Å². The SMILES string of the molecule is Cc1cc(C(=O)O)cc(C)c1Oc1ccccc1C(C)OC[C@H](O)CNC(C)(C)Cc1ccc(Cl)cc1F. The molecule has 2 atom stereocenters. The summed E-state index contributed by atoms with van der Waals surface area (Å²) in [6.45, 7) is 9.73. The minimum Gasteiger partial charge on any atom is -0.478 e. The largest absolute Gasteiger partial charge is 0.478 e. The third kappa shape index (κ3) is 8.01. The minimum absolute atomic E-state index is 0.0826. The Labute approximate surface area is 228 Å². The molecule has 3 rings (SSSR count). The lowest BCUT2D eigenvalue weighted by Gasteiger charge is -2.28. The highest BCUT2D eigenvalue weighted by Gasteiger charge is 2.22.